The minimum Gasteiger partial charge on any atom is -0.466 e. The fourth-order valence-corrected chi connectivity index (χ4v) is 1.65. The van der Waals surface area contributed by atoms with Crippen LogP contribution in [0.15, 0.2) is 6.07 Å². The van der Waals surface area contributed by atoms with Gasteiger partial charge in [-0.2, -0.15) is 18.3 Å². The maximum atomic E-state index is 12.9. The SMILES string of the molecule is CCOC(=O)CC(n1nc(C(F)F)cc1C)C(F)(F)F. The molecule has 0 bridgehead atoms. The van der Waals surface area contributed by atoms with Crippen molar-refractivity contribution >= 4 is 5.97 Å². The molecule has 0 aliphatic heterocycles. The Bertz CT molecular complexity index is 470. The Balaban J connectivity index is 3.08. The van der Waals surface area contributed by atoms with Crippen LogP contribution >= 0.6 is 0 Å². The Morgan fingerprint density at radius 3 is 2.45 bits per heavy atom. The van der Waals surface area contributed by atoms with Crippen LogP contribution in [0.5, 0.6) is 0 Å². The van der Waals surface area contributed by atoms with E-state index < -0.39 is 36.7 Å². The number of halogens is 5. The predicted molar refractivity (Wildman–Crippen MR) is 58.3 cm³/mol. The molecule has 0 aromatic carbocycles. The molecule has 20 heavy (non-hydrogen) atoms. The lowest BCUT2D eigenvalue weighted by Gasteiger charge is -2.21. The number of alkyl halides is 5. The highest BCUT2D eigenvalue weighted by Crippen LogP contribution is 2.35. The molecule has 0 saturated carbocycles. The van der Waals surface area contributed by atoms with Crippen molar-refractivity contribution in [2.45, 2.75) is 38.9 Å². The van der Waals surface area contributed by atoms with Crippen LogP contribution in [0, 0.1) is 6.92 Å². The molecule has 1 aromatic rings. The van der Waals surface area contributed by atoms with Crippen LogP contribution in [0.4, 0.5) is 22.0 Å². The largest absolute Gasteiger partial charge is 0.466 e. The Morgan fingerprint density at radius 2 is 2.05 bits per heavy atom. The van der Waals surface area contributed by atoms with Gasteiger partial charge in [-0.15, -0.1) is 0 Å². The summed E-state index contributed by atoms with van der Waals surface area (Å²) in [6.07, 6.45) is -8.79. The Labute approximate surface area is 111 Å². The molecule has 0 aliphatic carbocycles. The second-order valence-electron chi connectivity index (χ2n) is 4.02. The number of esters is 1. The molecule has 0 aliphatic rings. The number of aromatic nitrogens is 2. The molecule has 0 radical (unpaired) electrons. The molecule has 1 heterocycles. The Morgan fingerprint density at radius 1 is 1.45 bits per heavy atom. The van der Waals surface area contributed by atoms with Crippen molar-refractivity contribution in [2.75, 3.05) is 6.61 Å². The van der Waals surface area contributed by atoms with Crippen LogP contribution in [0.3, 0.4) is 0 Å². The molecule has 4 nitrogen and oxygen atoms in total. The first-order valence-electron chi connectivity index (χ1n) is 5.73. The molecular formula is C11H13F5N2O2. The molecule has 0 N–H and O–H groups in total. The molecule has 1 rings (SSSR count). The van der Waals surface area contributed by atoms with Crippen molar-refractivity contribution in [1.82, 2.24) is 9.78 Å². The fraction of sp³-hybridized carbons (Fsp3) is 0.636. The summed E-state index contributed by atoms with van der Waals surface area (Å²) in [5, 5.41) is 3.23. The van der Waals surface area contributed by atoms with Gasteiger partial charge in [0.15, 0.2) is 6.04 Å². The van der Waals surface area contributed by atoms with E-state index in [4.69, 9.17) is 0 Å². The number of ether oxygens (including phenoxy) is 1. The van der Waals surface area contributed by atoms with Crippen molar-refractivity contribution in [1.29, 1.82) is 0 Å². The summed E-state index contributed by atoms with van der Waals surface area (Å²) in [5.74, 6) is -1.07. The van der Waals surface area contributed by atoms with Crippen molar-refractivity contribution in [3.8, 4) is 0 Å². The van der Waals surface area contributed by atoms with Crippen LogP contribution < -0.4 is 0 Å². The lowest BCUT2D eigenvalue weighted by atomic mass is 10.2. The number of aryl methyl sites for hydroxylation is 1. The van der Waals surface area contributed by atoms with Gasteiger partial charge in [-0.25, -0.2) is 8.78 Å². The van der Waals surface area contributed by atoms with Crippen LogP contribution in [-0.4, -0.2) is 28.5 Å². The van der Waals surface area contributed by atoms with E-state index in [2.05, 4.69) is 9.84 Å². The van der Waals surface area contributed by atoms with Crippen LogP contribution in [0.25, 0.3) is 0 Å². The monoisotopic (exact) mass is 300 g/mol. The summed E-state index contributed by atoms with van der Waals surface area (Å²) >= 11 is 0. The maximum absolute atomic E-state index is 12.9. The first kappa shape index (κ1) is 16.4. The Hall–Kier alpha value is -1.67. The summed E-state index contributed by atoms with van der Waals surface area (Å²) < 4.78 is 68.6. The van der Waals surface area contributed by atoms with Crippen LogP contribution in [0.2, 0.25) is 0 Å². The number of hydrogen-bond donors (Lipinski definition) is 0. The van der Waals surface area contributed by atoms with Crippen molar-refractivity contribution in [2.24, 2.45) is 0 Å². The molecule has 1 unspecified atom stereocenters. The van der Waals surface area contributed by atoms with E-state index in [1.54, 1.807) is 0 Å². The number of carbonyl (C=O) groups is 1. The summed E-state index contributed by atoms with van der Waals surface area (Å²) in [6.45, 7) is 2.60. The van der Waals surface area contributed by atoms with E-state index in [0.717, 1.165) is 6.07 Å². The number of nitrogens with zero attached hydrogens (tertiary/aromatic N) is 2. The van der Waals surface area contributed by atoms with E-state index in [1.165, 1.54) is 13.8 Å². The van der Waals surface area contributed by atoms with Gasteiger partial charge < -0.3 is 4.74 Å². The fourth-order valence-electron chi connectivity index (χ4n) is 1.65. The van der Waals surface area contributed by atoms with Gasteiger partial charge in [0.25, 0.3) is 6.43 Å². The second-order valence-corrected chi connectivity index (χ2v) is 4.02. The number of carbonyl (C=O) groups excluding carboxylic acids is 1. The summed E-state index contributed by atoms with van der Waals surface area (Å²) in [4.78, 5) is 11.2. The topological polar surface area (TPSA) is 44.1 Å². The van der Waals surface area contributed by atoms with Crippen LogP contribution in [-0.2, 0) is 9.53 Å². The highest BCUT2D eigenvalue weighted by molar-refractivity contribution is 5.70. The van der Waals surface area contributed by atoms with Crippen LogP contribution in [0.1, 0.15) is 37.2 Å². The van der Waals surface area contributed by atoms with Crippen molar-refractivity contribution in [3.63, 3.8) is 0 Å². The van der Waals surface area contributed by atoms with Gasteiger partial charge in [-0.3, -0.25) is 9.48 Å². The maximum Gasteiger partial charge on any atom is 0.411 e. The van der Waals surface area contributed by atoms with E-state index in [1.807, 2.05) is 0 Å². The van der Waals surface area contributed by atoms with Crippen molar-refractivity contribution < 1.29 is 31.5 Å². The molecule has 1 aromatic heterocycles. The van der Waals surface area contributed by atoms with Gasteiger partial charge in [-0.05, 0) is 19.9 Å². The highest BCUT2D eigenvalue weighted by Gasteiger charge is 2.44. The van der Waals surface area contributed by atoms with E-state index >= 15 is 0 Å². The first-order chi connectivity index (χ1) is 9.16. The van der Waals surface area contributed by atoms with E-state index in [0.29, 0.717) is 4.68 Å². The molecule has 9 heteroatoms. The van der Waals surface area contributed by atoms with Gasteiger partial charge in [0.05, 0.1) is 13.0 Å². The minimum atomic E-state index is -4.80. The van der Waals surface area contributed by atoms with Gasteiger partial charge in [0, 0.05) is 5.69 Å². The molecule has 0 spiro atoms. The minimum absolute atomic E-state index is 0.0657. The van der Waals surface area contributed by atoms with Gasteiger partial charge in [0.2, 0.25) is 0 Å². The Kier molecular flexibility index (Phi) is 5.07. The molecule has 1 atom stereocenters. The number of hydrogen-bond acceptors (Lipinski definition) is 3. The lowest BCUT2D eigenvalue weighted by molar-refractivity contribution is -0.181. The third-order valence-electron chi connectivity index (χ3n) is 2.50. The molecular weight excluding hydrogens is 287 g/mol. The van der Waals surface area contributed by atoms with Gasteiger partial charge in [0.1, 0.15) is 5.69 Å². The molecule has 0 amide bonds. The zero-order valence-corrected chi connectivity index (χ0v) is 10.7. The zero-order valence-electron chi connectivity index (χ0n) is 10.7. The van der Waals surface area contributed by atoms with Crippen molar-refractivity contribution in [3.05, 3.63) is 17.5 Å². The molecule has 0 fully saturated rings. The summed E-state index contributed by atoms with van der Waals surface area (Å²) in [6, 6.07) is -1.47. The zero-order chi connectivity index (χ0) is 15.5. The molecule has 0 saturated heterocycles. The number of rotatable bonds is 5. The lowest BCUT2D eigenvalue weighted by Crippen LogP contribution is -2.31. The van der Waals surface area contributed by atoms with Gasteiger partial charge >= 0.3 is 12.1 Å². The summed E-state index contributed by atoms with van der Waals surface area (Å²) in [7, 11) is 0. The van der Waals surface area contributed by atoms with E-state index in [9.17, 15) is 26.7 Å². The average molecular weight is 300 g/mol. The predicted octanol–water partition coefficient (Wildman–Crippen LogP) is 3.19. The first-order valence-corrected chi connectivity index (χ1v) is 5.73. The standard InChI is InChI=1S/C11H13F5N2O2/c1-3-20-9(19)5-8(11(14,15)16)18-6(2)4-7(17-18)10(12)13/h4,8,10H,3,5H2,1-2H3. The van der Waals surface area contributed by atoms with E-state index in [-0.39, 0.29) is 12.3 Å². The van der Waals surface area contributed by atoms with Gasteiger partial charge in [-0.1, -0.05) is 0 Å². The smallest absolute Gasteiger partial charge is 0.411 e. The quantitative estimate of drug-likeness (QED) is 0.619. The average Bonchev–Trinajstić information content (AvgIpc) is 2.67. The third kappa shape index (κ3) is 3.91. The normalized spacial score (nSPS) is 13.6. The highest BCUT2D eigenvalue weighted by atomic mass is 19.4. The molecule has 114 valence electrons. The summed E-state index contributed by atoms with van der Waals surface area (Å²) in [5.41, 5.74) is -0.868. The second kappa shape index (κ2) is 6.19. The third-order valence-corrected chi connectivity index (χ3v) is 2.50.